The third-order valence-electron chi connectivity index (χ3n) is 5.12. The van der Waals surface area contributed by atoms with Crippen LogP contribution in [-0.2, 0) is 12.0 Å². The standard InChI is InChI=1S/C21H32N4O/c1-6-21(7-2,18-12-10-9-11-13-18)15-24-20(22-8-3)23-14-19-25-16(4)17(5)26-19/h9-13H,6-8,14-15H2,1-5H3,(H2,22,23,24). The number of oxazole rings is 1. The Morgan fingerprint density at radius 1 is 1.08 bits per heavy atom. The van der Waals surface area contributed by atoms with Crippen molar-refractivity contribution in [3.8, 4) is 0 Å². The maximum Gasteiger partial charge on any atom is 0.216 e. The minimum absolute atomic E-state index is 0.0908. The molecule has 0 bridgehead atoms. The van der Waals surface area contributed by atoms with E-state index in [1.165, 1.54) is 5.56 Å². The lowest BCUT2D eigenvalue weighted by Crippen LogP contribution is -2.45. The molecule has 2 aromatic rings. The van der Waals surface area contributed by atoms with Crippen LogP contribution in [0.25, 0.3) is 0 Å². The minimum Gasteiger partial charge on any atom is -0.444 e. The van der Waals surface area contributed by atoms with Crippen molar-refractivity contribution >= 4 is 5.96 Å². The zero-order chi connectivity index (χ0) is 19.0. The summed E-state index contributed by atoms with van der Waals surface area (Å²) in [5.41, 5.74) is 2.38. The number of benzene rings is 1. The molecule has 1 aromatic heterocycles. The maximum absolute atomic E-state index is 5.63. The molecular formula is C21H32N4O. The lowest BCUT2D eigenvalue weighted by atomic mass is 9.76. The second-order valence-corrected chi connectivity index (χ2v) is 6.65. The second kappa shape index (κ2) is 9.41. The van der Waals surface area contributed by atoms with Crippen LogP contribution in [0.5, 0.6) is 0 Å². The highest BCUT2D eigenvalue weighted by Crippen LogP contribution is 2.30. The lowest BCUT2D eigenvalue weighted by Gasteiger charge is -2.33. The highest BCUT2D eigenvalue weighted by Gasteiger charge is 2.28. The zero-order valence-corrected chi connectivity index (χ0v) is 16.7. The van der Waals surface area contributed by atoms with E-state index in [-0.39, 0.29) is 5.41 Å². The molecule has 0 aliphatic heterocycles. The van der Waals surface area contributed by atoms with Crippen molar-refractivity contribution in [1.82, 2.24) is 15.6 Å². The number of aliphatic imine (C=N–C) groups is 1. The molecule has 2 rings (SSSR count). The summed E-state index contributed by atoms with van der Waals surface area (Å²) in [4.78, 5) is 9.04. The van der Waals surface area contributed by atoms with Gasteiger partial charge in [0.1, 0.15) is 12.3 Å². The number of guanidine groups is 1. The van der Waals surface area contributed by atoms with Crippen LogP contribution in [0.15, 0.2) is 39.7 Å². The molecule has 1 heterocycles. The van der Waals surface area contributed by atoms with Gasteiger partial charge in [0, 0.05) is 18.5 Å². The fraction of sp³-hybridized carbons (Fsp3) is 0.524. The second-order valence-electron chi connectivity index (χ2n) is 6.65. The van der Waals surface area contributed by atoms with E-state index in [9.17, 15) is 0 Å². The first-order valence-electron chi connectivity index (χ1n) is 9.55. The van der Waals surface area contributed by atoms with Crippen molar-refractivity contribution in [2.75, 3.05) is 13.1 Å². The number of nitrogens with one attached hydrogen (secondary N) is 2. The third-order valence-corrected chi connectivity index (χ3v) is 5.12. The predicted molar refractivity (Wildman–Crippen MR) is 107 cm³/mol. The summed E-state index contributed by atoms with van der Waals surface area (Å²) in [5, 5.41) is 6.84. The molecule has 0 aliphatic carbocycles. The van der Waals surface area contributed by atoms with Crippen molar-refractivity contribution in [1.29, 1.82) is 0 Å². The van der Waals surface area contributed by atoms with E-state index in [1.807, 2.05) is 13.8 Å². The van der Waals surface area contributed by atoms with E-state index in [0.717, 1.165) is 43.3 Å². The van der Waals surface area contributed by atoms with Gasteiger partial charge in [0.05, 0.1) is 5.69 Å². The normalized spacial score (nSPS) is 12.3. The van der Waals surface area contributed by atoms with Crippen LogP contribution in [0.1, 0.15) is 56.5 Å². The van der Waals surface area contributed by atoms with Crippen LogP contribution in [0, 0.1) is 13.8 Å². The van der Waals surface area contributed by atoms with Crippen molar-refractivity contribution in [3.63, 3.8) is 0 Å². The zero-order valence-electron chi connectivity index (χ0n) is 16.7. The Bertz CT molecular complexity index is 683. The summed E-state index contributed by atoms with van der Waals surface area (Å²) < 4.78 is 5.63. The largest absolute Gasteiger partial charge is 0.444 e. The van der Waals surface area contributed by atoms with Crippen LogP contribution in [0.2, 0.25) is 0 Å². The van der Waals surface area contributed by atoms with E-state index in [0.29, 0.717) is 12.4 Å². The highest BCUT2D eigenvalue weighted by atomic mass is 16.4. The quantitative estimate of drug-likeness (QED) is 0.552. The van der Waals surface area contributed by atoms with E-state index in [4.69, 9.17) is 4.42 Å². The van der Waals surface area contributed by atoms with Gasteiger partial charge in [-0.2, -0.15) is 0 Å². The molecule has 0 saturated heterocycles. The molecule has 0 fully saturated rings. The van der Waals surface area contributed by atoms with Gasteiger partial charge in [-0.3, -0.25) is 0 Å². The SMILES string of the molecule is CCNC(=NCc1nc(C)c(C)o1)NCC(CC)(CC)c1ccccc1. The van der Waals surface area contributed by atoms with Gasteiger partial charge < -0.3 is 15.1 Å². The van der Waals surface area contributed by atoms with Gasteiger partial charge in [0.15, 0.2) is 5.96 Å². The first kappa shape index (κ1) is 20.0. The minimum atomic E-state index is 0.0908. The van der Waals surface area contributed by atoms with Crippen LogP contribution in [-0.4, -0.2) is 24.0 Å². The fourth-order valence-electron chi connectivity index (χ4n) is 3.15. The summed E-state index contributed by atoms with van der Waals surface area (Å²) in [6, 6.07) is 10.7. The predicted octanol–water partition coefficient (Wildman–Crippen LogP) is 4.10. The third kappa shape index (κ3) is 4.87. The van der Waals surface area contributed by atoms with E-state index < -0.39 is 0 Å². The smallest absolute Gasteiger partial charge is 0.216 e. The average molecular weight is 357 g/mol. The van der Waals surface area contributed by atoms with Crippen molar-refractivity contribution < 1.29 is 4.42 Å². The van der Waals surface area contributed by atoms with E-state index in [1.54, 1.807) is 0 Å². The molecule has 0 unspecified atom stereocenters. The van der Waals surface area contributed by atoms with Crippen LogP contribution in [0.4, 0.5) is 0 Å². The van der Waals surface area contributed by atoms with Crippen molar-refractivity contribution in [2.45, 2.75) is 59.4 Å². The van der Waals surface area contributed by atoms with Gasteiger partial charge in [-0.15, -0.1) is 0 Å². The number of aryl methyl sites for hydroxylation is 2. The van der Waals surface area contributed by atoms with Crippen LogP contribution < -0.4 is 10.6 Å². The van der Waals surface area contributed by atoms with Crippen LogP contribution in [0.3, 0.4) is 0 Å². The van der Waals surface area contributed by atoms with Gasteiger partial charge in [-0.05, 0) is 39.2 Å². The monoisotopic (exact) mass is 356 g/mol. The van der Waals surface area contributed by atoms with E-state index in [2.05, 4.69) is 71.7 Å². The van der Waals surface area contributed by atoms with Gasteiger partial charge >= 0.3 is 0 Å². The van der Waals surface area contributed by atoms with Gasteiger partial charge in [0.25, 0.3) is 0 Å². The summed E-state index contributed by atoms with van der Waals surface area (Å²) in [5.74, 6) is 2.30. The molecule has 0 amide bonds. The maximum atomic E-state index is 5.63. The Kier molecular flexibility index (Phi) is 7.25. The lowest BCUT2D eigenvalue weighted by molar-refractivity contribution is 0.389. The summed E-state index contributed by atoms with van der Waals surface area (Å²) in [6.07, 6.45) is 2.14. The van der Waals surface area contributed by atoms with Gasteiger partial charge in [-0.25, -0.2) is 9.98 Å². The molecular weight excluding hydrogens is 324 g/mol. The summed E-state index contributed by atoms with van der Waals surface area (Å²) >= 11 is 0. The molecule has 5 heteroatoms. The highest BCUT2D eigenvalue weighted by molar-refractivity contribution is 5.79. The number of hydrogen-bond donors (Lipinski definition) is 2. The topological polar surface area (TPSA) is 62.5 Å². The molecule has 0 radical (unpaired) electrons. The van der Waals surface area contributed by atoms with Crippen molar-refractivity contribution in [3.05, 3.63) is 53.2 Å². The Labute approximate surface area is 157 Å². The number of hydrogen-bond acceptors (Lipinski definition) is 3. The Balaban J connectivity index is 2.11. The molecule has 2 N–H and O–H groups in total. The molecule has 0 spiro atoms. The summed E-state index contributed by atoms with van der Waals surface area (Å²) in [6.45, 7) is 12.5. The number of rotatable bonds is 8. The number of aromatic nitrogens is 1. The molecule has 26 heavy (non-hydrogen) atoms. The van der Waals surface area contributed by atoms with Crippen molar-refractivity contribution in [2.24, 2.45) is 4.99 Å². The molecule has 0 aliphatic rings. The van der Waals surface area contributed by atoms with E-state index >= 15 is 0 Å². The number of nitrogens with zero attached hydrogens (tertiary/aromatic N) is 2. The molecule has 0 saturated carbocycles. The first-order valence-corrected chi connectivity index (χ1v) is 9.55. The molecule has 1 aromatic carbocycles. The Morgan fingerprint density at radius 3 is 2.31 bits per heavy atom. The first-order chi connectivity index (χ1) is 12.5. The Morgan fingerprint density at radius 2 is 1.77 bits per heavy atom. The summed E-state index contributed by atoms with van der Waals surface area (Å²) in [7, 11) is 0. The van der Waals surface area contributed by atoms with Gasteiger partial charge in [-0.1, -0.05) is 44.2 Å². The average Bonchev–Trinajstić information content (AvgIpc) is 2.99. The molecule has 0 atom stereocenters. The molecule has 142 valence electrons. The van der Waals surface area contributed by atoms with Gasteiger partial charge in [0.2, 0.25) is 5.89 Å². The van der Waals surface area contributed by atoms with Crippen LogP contribution >= 0.6 is 0 Å². The molecule has 5 nitrogen and oxygen atoms in total. The Hall–Kier alpha value is -2.30. The fourth-order valence-corrected chi connectivity index (χ4v) is 3.15.